The van der Waals surface area contributed by atoms with Crippen LogP contribution in [-0.4, -0.2) is 32.1 Å². The highest BCUT2D eigenvalue weighted by Gasteiger charge is 2.20. The van der Waals surface area contributed by atoms with Crippen molar-refractivity contribution in [1.82, 2.24) is 10.6 Å². The highest BCUT2D eigenvalue weighted by molar-refractivity contribution is 5.78. The van der Waals surface area contributed by atoms with E-state index in [2.05, 4.69) is 29.7 Å². The molecular weight excluding hydrogens is 264 g/mol. The summed E-state index contributed by atoms with van der Waals surface area (Å²) in [5.41, 5.74) is 1.27. The summed E-state index contributed by atoms with van der Waals surface area (Å²) < 4.78 is 5.14. The number of methoxy groups -OCH3 is 1. The van der Waals surface area contributed by atoms with Crippen LogP contribution in [0, 0.1) is 5.92 Å². The molecule has 0 aliphatic heterocycles. The lowest BCUT2D eigenvalue weighted by atomic mass is 10.1. The van der Waals surface area contributed by atoms with E-state index in [9.17, 15) is 4.79 Å². The van der Waals surface area contributed by atoms with E-state index in [4.69, 9.17) is 4.74 Å². The Balaban J connectivity index is 1.60. The number of nitrogens with one attached hydrogen (secondary N) is 2. The van der Waals surface area contributed by atoms with Gasteiger partial charge in [-0.2, -0.15) is 0 Å². The molecular formula is C17H26N2O2. The zero-order chi connectivity index (χ0) is 15.1. The van der Waals surface area contributed by atoms with Crippen LogP contribution in [0.4, 0.5) is 0 Å². The van der Waals surface area contributed by atoms with Crippen LogP contribution in [0.25, 0.3) is 0 Å². The SMILES string of the molecule is COc1ccc(CCC(C)NC(=O)CNCC2CC2)cc1. The third kappa shape index (κ3) is 6.17. The first-order valence-electron chi connectivity index (χ1n) is 7.80. The summed E-state index contributed by atoms with van der Waals surface area (Å²) in [6.07, 6.45) is 4.53. The van der Waals surface area contributed by atoms with E-state index in [0.29, 0.717) is 6.54 Å². The Labute approximate surface area is 127 Å². The first-order valence-corrected chi connectivity index (χ1v) is 7.80. The van der Waals surface area contributed by atoms with Gasteiger partial charge in [-0.25, -0.2) is 0 Å². The second-order valence-corrected chi connectivity index (χ2v) is 5.93. The van der Waals surface area contributed by atoms with Crippen molar-refractivity contribution in [2.45, 2.75) is 38.6 Å². The Morgan fingerprint density at radius 2 is 2.05 bits per heavy atom. The van der Waals surface area contributed by atoms with Gasteiger partial charge < -0.3 is 15.4 Å². The number of aryl methyl sites for hydroxylation is 1. The molecule has 4 heteroatoms. The van der Waals surface area contributed by atoms with Crippen LogP contribution < -0.4 is 15.4 Å². The molecule has 1 amide bonds. The lowest BCUT2D eigenvalue weighted by Gasteiger charge is -2.14. The number of ether oxygens (including phenoxy) is 1. The van der Waals surface area contributed by atoms with Gasteiger partial charge in [-0.3, -0.25) is 4.79 Å². The van der Waals surface area contributed by atoms with Gasteiger partial charge in [0.05, 0.1) is 13.7 Å². The van der Waals surface area contributed by atoms with Crippen molar-refractivity contribution in [1.29, 1.82) is 0 Å². The molecule has 2 rings (SSSR count). The second kappa shape index (κ2) is 8.03. The number of carbonyl (C=O) groups excluding carboxylic acids is 1. The van der Waals surface area contributed by atoms with Gasteiger partial charge in [0.2, 0.25) is 5.91 Å². The van der Waals surface area contributed by atoms with Crippen LogP contribution in [0.3, 0.4) is 0 Å². The predicted octanol–water partition coefficient (Wildman–Crippen LogP) is 2.13. The van der Waals surface area contributed by atoms with Gasteiger partial charge in [0, 0.05) is 6.04 Å². The third-order valence-electron chi connectivity index (χ3n) is 3.85. The molecule has 1 atom stereocenters. The van der Waals surface area contributed by atoms with E-state index in [1.807, 2.05) is 12.1 Å². The third-order valence-corrected chi connectivity index (χ3v) is 3.85. The van der Waals surface area contributed by atoms with Crippen LogP contribution in [0.5, 0.6) is 5.75 Å². The molecule has 0 bridgehead atoms. The predicted molar refractivity (Wildman–Crippen MR) is 84.5 cm³/mol. The molecule has 21 heavy (non-hydrogen) atoms. The Morgan fingerprint density at radius 1 is 1.33 bits per heavy atom. The molecule has 1 aliphatic carbocycles. The number of hydrogen-bond donors (Lipinski definition) is 2. The first kappa shape index (κ1) is 15.8. The number of amides is 1. The maximum Gasteiger partial charge on any atom is 0.234 e. The van der Waals surface area contributed by atoms with Crippen molar-refractivity contribution in [3.05, 3.63) is 29.8 Å². The number of benzene rings is 1. The van der Waals surface area contributed by atoms with Crippen molar-refractivity contribution in [2.24, 2.45) is 5.92 Å². The summed E-state index contributed by atoms with van der Waals surface area (Å²) >= 11 is 0. The highest BCUT2D eigenvalue weighted by atomic mass is 16.5. The fourth-order valence-corrected chi connectivity index (χ4v) is 2.29. The van der Waals surface area contributed by atoms with Crippen LogP contribution in [-0.2, 0) is 11.2 Å². The molecule has 1 fully saturated rings. The number of carbonyl (C=O) groups is 1. The Bertz CT molecular complexity index is 441. The maximum absolute atomic E-state index is 11.8. The Kier molecular flexibility index (Phi) is 6.05. The molecule has 0 aromatic heterocycles. The molecule has 0 radical (unpaired) electrons. The summed E-state index contributed by atoms with van der Waals surface area (Å²) in [4.78, 5) is 11.8. The zero-order valence-corrected chi connectivity index (χ0v) is 13.0. The lowest BCUT2D eigenvalue weighted by molar-refractivity contribution is -0.120. The smallest absolute Gasteiger partial charge is 0.234 e. The van der Waals surface area contributed by atoms with E-state index in [1.54, 1.807) is 7.11 Å². The van der Waals surface area contributed by atoms with Gasteiger partial charge >= 0.3 is 0 Å². The molecule has 1 aromatic carbocycles. The average molecular weight is 290 g/mol. The molecule has 0 spiro atoms. The minimum atomic E-state index is 0.0953. The largest absolute Gasteiger partial charge is 0.497 e. The van der Waals surface area contributed by atoms with Crippen molar-refractivity contribution in [3.63, 3.8) is 0 Å². The average Bonchev–Trinajstić information content (AvgIpc) is 3.30. The van der Waals surface area contributed by atoms with Crippen LogP contribution in [0.1, 0.15) is 31.7 Å². The summed E-state index contributed by atoms with van der Waals surface area (Å²) in [6, 6.07) is 8.29. The number of hydrogen-bond acceptors (Lipinski definition) is 3. The minimum Gasteiger partial charge on any atom is -0.497 e. The molecule has 0 saturated heterocycles. The van der Waals surface area contributed by atoms with Crippen molar-refractivity contribution < 1.29 is 9.53 Å². The van der Waals surface area contributed by atoms with Gasteiger partial charge in [-0.1, -0.05) is 12.1 Å². The second-order valence-electron chi connectivity index (χ2n) is 5.93. The first-order chi connectivity index (χ1) is 10.2. The molecule has 1 unspecified atom stereocenters. The van der Waals surface area contributed by atoms with Gasteiger partial charge in [0.25, 0.3) is 0 Å². The molecule has 1 aromatic rings. The van der Waals surface area contributed by atoms with Crippen LogP contribution in [0.2, 0.25) is 0 Å². The zero-order valence-electron chi connectivity index (χ0n) is 13.0. The molecule has 2 N–H and O–H groups in total. The monoisotopic (exact) mass is 290 g/mol. The summed E-state index contributed by atoms with van der Waals surface area (Å²) in [5.74, 6) is 1.78. The normalized spacial score (nSPS) is 15.5. The van der Waals surface area contributed by atoms with Gasteiger partial charge in [0.1, 0.15) is 5.75 Å². The quantitative estimate of drug-likeness (QED) is 0.732. The maximum atomic E-state index is 11.8. The molecule has 0 heterocycles. The standard InChI is InChI=1S/C17H26N2O2/c1-13(19-17(20)12-18-11-15-5-6-15)3-4-14-7-9-16(21-2)10-8-14/h7-10,13,15,18H,3-6,11-12H2,1-2H3,(H,19,20). The van der Waals surface area contributed by atoms with Crippen molar-refractivity contribution in [3.8, 4) is 5.75 Å². The highest BCUT2D eigenvalue weighted by Crippen LogP contribution is 2.27. The summed E-state index contributed by atoms with van der Waals surface area (Å²) in [7, 11) is 1.67. The Hall–Kier alpha value is -1.55. The van der Waals surface area contributed by atoms with Gasteiger partial charge in [0.15, 0.2) is 0 Å². The van der Waals surface area contributed by atoms with Crippen molar-refractivity contribution >= 4 is 5.91 Å². The van der Waals surface area contributed by atoms with E-state index < -0.39 is 0 Å². The van der Waals surface area contributed by atoms with E-state index >= 15 is 0 Å². The summed E-state index contributed by atoms with van der Waals surface area (Å²) in [5, 5.41) is 6.25. The Morgan fingerprint density at radius 3 is 2.67 bits per heavy atom. The van der Waals surface area contributed by atoms with Gasteiger partial charge in [-0.05, 0) is 62.8 Å². The fraction of sp³-hybridized carbons (Fsp3) is 0.588. The molecule has 116 valence electrons. The topological polar surface area (TPSA) is 50.4 Å². The fourth-order valence-electron chi connectivity index (χ4n) is 2.29. The number of rotatable bonds is 9. The molecule has 1 aliphatic rings. The van der Waals surface area contributed by atoms with E-state index in [-0.39, 0.29) is 11.9 Å². The molecule has 1 saturated carbocycles. The molecule has 4 nitrogen and oxygen atoms in total. The minimum absolute atomic E-state index is 0.0953. The van der Waals surface area contributed by atoms with E-state index in [0.717, 1.165) is 31.1 Å². The van der Waals surface area contributed by atoms with Crippen LogP contribution >= 0.6 is 0 Å². The lowest BCUT2D eigenvalue weighted by Crippen LogP contribution is -2.39. The van der Waals surface area contributed by atoms with Crippen molar-refractivity contribution in [2.75, 3.05) is 20.2 Å². The summed E-state index contributed by atoms with van der Waals surface area (Å²) in [6.45, 7) is 3.47. The van der Waals surface area contributed by atoms with Gasteiger partial charge in [-0.15, -0.1) is 0 Å². The van der Waals surface area contributed by atoms with E-state index in [1.165, 1.54) is 18.4 Å². The van der Waals surface area contributed by atoms with Crippen LogP contribution in [0.15, 0.2) is 24.3 Å².